The van der Waals surface area contributed by atoms with Crippen molar-refractivity contribution in [3.05, 3.63) is 83.9 Å². The zero-order valence-corrected chi connectivity index (χ0v) is 23.6. The van der Waals surface area contributed by atoms with Gasteiger partial charge in [-0.2, -0.15) is 0 Å². The Labute approximate surface area is 227 Å². The number of ether oxygens (including phenoxy) is 2. The molecule has 1 aliphatic carbocycles. The first kappa shape index (κ1) is 29.0. The van der Waals surface area contributed by atoms with Crippen LogP contribution in [-0.4, -0.2) is 24.4 Å². The smallest absolute Gasteiger partial charge is 0.408 e. The lowest BCUT2D eigenvalue weighted by Gasteiger charge is -2.32. The van der Waals surface area contributed by atoms with E-state index in [2.05, 4.69) is 23.8 Å². The summed E-state index contributed by atoms with van der Waals surface area (Å²) in [5, 5.41) is 5.97. The normalized spacial score (nSPS) is 17.7. The molecule has 0 unspecified atom stereocenters. The summed E-state index contributed by atoms with van der Waals surface area (Å²) >= 11 is 0. The molecule has 0 saturated heterocycles. The van der Waals surface area contributed by atoms with Gasteiger partial charge in [0.15, 0.2) is 0 Å². The molecule has 2 aromatic carbocycles. The molecule has 2 aromatic rings. The molecule has 1 saturated carbocycles. The Morgan fingerprint density at radius 3 is 1.61 bits per heavy atom. The molecule has 0 heterocycles. The molecule has 6 heteroatoms. The van der Waals surface area contributed by atoms with Crippen molar-refractivity contribution in [3.63, 3.8) is 0 Å². The third kappa shape index (κ3) is 7.73. The van der Waals surface area contributed by atoms with Crippen LogP contribution in [0.25, 0.3) is 11.1 Å². The first-order valence-electron chi connectivity index (χ1n) is 13.3. The first-order chi connectivity index (χ1) is 17.8. The maximum absolute atomic E-state index is 12.7. The summed E-state index contributed by atoms with van der Waals surface area (Å²) in [5.74, 6) is 0. The van der Waals surface area contributed by atoms with Crippen molar-refractivity contribution in [3.8, 4) is 0 Å². The lowest BCUT2D eigenvalue weighted by Crippen LogP contribution is -2.44. The Morgan fingerprint density at radius 1 is 0.711 bits per heavy atom. The number of rotatable bonds is 8. The zero-order valence-electron chi connectivity index (χ0n) is 23.6. The van der Waals surface area contributed by atoms with E-state index in [9.17, 15) is 9.59 Å². The van der Waals surface area contributed by atoms with Crippen LogP contribution in [0.5, 0.6) is 0 Å². The molecular weight excluding hydrogens is 476 g/mol. The number of hydrogen-bond acceptors (Lipinski definition) is 4. The molecule has 1 fully saturated rings. The van der Waals surface area contributed by atoms with E-state index in [1.807, 2.05) is 90.1 Å². The van der Waals surface area contributed by atoms with Crippen LogP contribution in [0, 0.1) is 0 Å². The van der Waals surface area contributed by atoms with Gasteiger partial charge in [0.25, 0.3) is 0 Å². The highest BCUT2D eigenvalue weighted by molar-refractivity contribution is 5.70. The molecule has 0 radical (unpaired) electrons. The Balaban J connectivity index is 1.46. The van der Waals surface area contributed by atoms with Crippen molar-refractivity contribution in [1.29, 1.82) is 0 Å². The minimum Gasteiger partial charge on any atom is -0.446 e. The van der Waals surface area contributed by atoms with Gasteiger partial charge in [0.05, 0.1) is 11.1 Å². The second-order valence-electron chi connectivity index (χ2n) is 11.4. The van der Waals surface area contributed by atoms with Crippen LogP contribution in [-0.2, 0) is 20.6 Å². The predicted molar refractivity (Wildman–Crippen MR) is 154 cm³/mol. The average molecular weight is 519 g/mol. The van der Waals surface area contributed by atoms with Gasteiger partial charge in [0.1, 0.15) is 12.2 Å². The van der Waals surface area contributed by atoms with E-state index in [1.54, 1.807) is 0 Å². The number of hydrogen-bond donors (Lipinski definition) is 2. The Kier molecular flexibility index (Phi) is 9.08. The van der Waals surface area contributed by atoms with Gasteiger partial charge < -0.3 is 20.1 Å². The van der Waals surface area contributed by atoms with E-state index in [0.717, 1.165) is 33.4 Å². The fourth-order valence-corrected chi connectivity index (χ4v) is 4.63. The number of amides is 2. The topological polar surface area (TPSA) is 76.7 Å². The van der Waals surface area contributed by atoms with Crippen molar-refractivity contribution in [1.82, 2.24) is 10.6 Å². The van der Waals surface area contributed by atoms with Gasteiger partial charge in [0, 0.05) is 0 Å². The summed E-state index contributed by atoms with van der Waals surface area (Å²) < 4.78 is 11.4. The molecular formula is C32H42N2O4. The molecule has 0 aliphatic heterocycles. The van der Waals surface area contributed by atoms with Crippen molar-refractivity contribution in [2.75, 3.05) is 0 Å². The van der Waals surface area contributed by atoms with Crippen LogP contribution in [0.4, 0.5) is 9.59 Å². The third-order valence-electron chi connectivity index (χ3n) is 7.17. The second-order valence-corrected chi connectivity index (χ2v) is 11.4. The SMILES string of the molecule is C=C(C)c1ccc(C(C)(C)NC(=O)OC2CCC(OC(=O)NC(C)(C)c3cccc(C(=C)C)c3)CC2)cc1. The van der Waals surface area contributed by atoms with Gasteiger partial charge in [-0.1, -0.05) is 66.8 Å². The quantitative estimate of drug-likeness (QED) is 0.376. The van der Waals surface area contributed by atoms with E-state index >= 15 is 0 Å². The minimum absolute atomic E-state index is 0.208. The average Bonchev–Trinajstić information content (AvgIpc) is 2.84. The molecule has 0 atom stereocenters. The molecule has 0 bridgehead atoms. The monoisotopic (exact) mass is 518 g/mol. The van der Waals surface area contributed by atoms with Crippen LogP contribution in [0.1, 0.15) is 89.5 Å². The minimum atomic E-state index is -0.599. The van der Waals surface area contributed by atoms with Crippen LogP contribution in [0.3, 0.4) is 0 Å². The van der Waals surface area contributed by atoms with Gasteiger partial charge in [0.2, 0.25) is 0 Å². The van der Waals surface area contributed by atoms with Gasteiger partial charge in [-0.15, -0.1) is 0 Å². The Bertz CT molecular complexity index is 1170. The summed E-state index contributed by atoms with van der Waals surface area (Å²) in [6, 6.07) is 16.0. The van der Waals surface area contributed by atoms with Crippen LogP contribution in [0.15, 0.2) is 61.7 Å². The zero-order chi connectivity index (χ0) is 28.1. The molecule has 204 valence electrons. The Morgan fingerprint density at radius 2 is 1.16 bits per heavy atom. The van der Waals surface area contributed by atoms with Crippen LogP contribution in [0.2, 0.25) is 0 Å². The molecule has 6 nitrogen and oxygen atoms in total. The molecule has 1 aliphatic rings. The molecule has 38 heavy (non-hydrogen) atoms. The maximum atomic E-state index is 12.7. The summed E-state index contributed by atoms with van der Waals surface area (Å²) in [6.07, 6.45) is 1.26. The molecule has 3 rings (SSSR count). The lowest BCUT2D eigenvalue weighted by atomic mass is 9.92. The van der Waals surface area contributed by atoms with Crippen LogP contribution < -0.4 is 10.6 Å². The highest BCUT2D eigenvalue weighted by Crippen LogP contribution is 2.27. The van der Waals surface area contributed by atoms with Gasteiger partial charge in [-0.25, -0.2) is 9.59 Å². The number of nitrogens with one attached hydrogen (secondary N) is 2. The Hall–Kier alpha value is -3.54. The highest BCUT2D eigenvalue weighted by atomic mass is 16.6. The molecule has 2 N–H and O–H groups in total. The predicted octanol–water partition coefficient (Wildman–Crippen LogP) is 7.69. The summed E-state index contributed by atoms with van der Waals surface area (Å²) in [7, 11) is 0. The lowest BCUT2D eigenvalue weighted by molar-refractivity contribution is 0.0175. The van der Waals surface area contributed by atoms with E-state index < -0.39 is 23.3 Å². The van der Waals surface area contributed by atoms with E-state index in [0.29, 0.717) is 25.7 Å². The standard InChI is InChI=1S/C32H42N2O4/c1-21(2)23-12-14-25(15-13-23)31(5,6)33-29(35)37-27-16-18-28(19-17-27)38-30(36)34-32(7,8)26-11-9-10-24(20-26)22(3)4/h9-15,20,27-28H,1,3,16-19H2,2,4-8H3,(H,33,35)(H,34,36). The van der Waals surface area contributed by atoms with Crippen molar-refractivity contribution < 1.29 is 19.1 Å². The van der Waals surface area contributed by atoms with Crippen molar-refractivity contribution >= 4 is 23.3 Å². The fraction of sp³-hybridized carbons (Fsp3) is 0.438. The highest BCUT2D eigenvalue weighted by Gasteiger charge is 2.31. The van der Waals surface area contributed by atoms with E-state index in [4.69, 9.17) is 9.47 Å². The maximum Gasteiger partial charge on any atom is 0.408 e. The number of carbonyl (C=O) groups is 2. The number of alkyl carbamates (subject to hydrolysis) is 2. The van der Waals surface area contributed by atoms with Crippen LogP contribution >= 0.6 is 0 Å². The summed E-state index contributed by atoms with van der Waals surface area (Å²) in [5.41, 5.74) is 4.86. The largest absolute Gasteiger partial charge is 0.446 e. The van der Waals surface area contributed by atoms with E-state index in [-0.39, 0.29) is 12.2 Å². The van der Waals surface area contributed by atoms with E-state index in [1.165, 1.54) is 0 Å². The second kappa shape index (κ2) is 11.9. The number of carbonyl (C=O) groups excluding carboxylic acids is 2. The van der Waals surface area contributed by atoms with Crippen molar-refractivity contribution in [2.45, 2.75) is 90.5 Å². The summed E-state index contributed by atoms with van der Waals surface area (Å²) in [4.78, 5) is 25.3. The third-order valence-corrected chi connectivity index (χ3v) is 7.17. The first-order valence-corrected chi connectivity index (χ1v) is 13.3. The molecule has 2 amide bonds. The van der Waals surface area contributed by atoms with Gasteiger partial charge >= 0.3 is 12.2 Å². The molecule has 0 spiro atoms. The van der Waals surface area contributed by atoms with Gasteiger partial charge in [-0.05, 0) is 95.5 Å². The number of allylic oxidation sites excluding steroid dienone is 2. The summed E-state index contributed by atoms with van der Waals surface area (Å²) in [6.45, 7) is 19.7. The molecule has 0 aromatic heterocycles. The number of benzene rings is 2. The fourth-order valence-electron chi connectivity index (χ4n) is 4.63. The van der Waals surface area contributed by atoms with Crippen molar-refractivity contribution in [2.24, 2.45) is 0 Å². The van der Waals surface area contributed by atoms with Gasteiger partial charge in [-0.3, -0.25) is 0 Å².